The van der Waals surface area contributed by atoms with Gasteiger partial charge in [-0.1, -0.05) is 17.7 Å². The average molecular weight is 440 g/mol. The van der Waals surface area contributed by atoms with Crippen LogP contribution in [0.15, 0.2) is 59.8 Å². The third-order valence-electron chi connectivity index (χ3n) is 4.59. The number of fused-ring (bicyclic) bond motifs is 1. The summed E-state index contributed by atoms with van der Waals surface area (Å²) in [5, 5.41) is 7.81. The van der Waals surface area contributed by atoms with E-state index in [2.05, 4.69) is 15.4 Å². The smallest absolute Gasteiger partial charge is 0.264 e. The first-order valence-corrected chi connectivity index (χ1v) is 9.59. The van der Waals surface area contributed by atoms with Crippen molar-refractivity contribution in [2.75, 3.05) is 19.5 Å². The maximum atomic E-state index is 12.8. The van der Waals surface area contributed by atoms with Gasteiger partial charge in [0.1, 0.15) is 18.3 Å². The number of aromatic nitrogens is 4. The van der Waals surface area contributed by atoms with Crippen molar-refractivity contribution in [3.8, 4) is 17.2 Å². The van der Waals surface area contributed by atoms with Gasteiger partial charge in [-0.25, -0.2) is 9.67 Å². The molecule has 1 N–H and O–H groups in total. The number of anilines is 1. The van der Waals surface area contributed by atoms with Crippen LogP contribution in [0.5, 0.6) is 11.5 Å². The lowest BCUT2D eigenvalue weighted by atomic mass is 10.2. The molecule has 2 aromatic heterocycles. The minimum absolute atomic E-state index is 0.210. The van der Waals surface area contributed by atoms with Gasteiger partial charge in [0.25, 0.3) is 5.56 Å². The number of hydrogen-bond donors (Lipinski definition) is 1. The van der Waals surface area contributed by atoms with Gasteiger partial charge in [-0.15, -0.1) is 0 Å². The van der Waals surface area contributed by atoms with E-state index in [9.17, 15) is 9.59 Å². The monoisotopic (exact) mass is 439 g/mol. The summed E-state index contributed by atoms with van der Waals surface area (Å²) in [6.07, 6.45) is 2.75. The van der Waals surface area contributed by atoms with Crippen LogP contribution in [-0.4, -0.2) is 39.5 Å². The van der Waals surface area contributed by atoms with Crippen molar-refractivity contribution in [1.29, 1.82) is 0 Å². The SMILES string of the molecule is COc1ccc(NC(=O)Cn2cnc3c(cnn3-c3cccc(Cl)c3)c2=O)cc1OC. The Balaban J connectivity index is 1.57. The molecule has 0 bridgehead atoms. The number of nitrogens with one attached hydrogen (secondary N) is 1. The predicted molar refractivity (Wildman–Crippen MR) is 116 cm³/mol. The average Bonchev–Trinajstić information content (AvgIpc) is 3.20. The second-order valence-corrected chi connectivity index (χ2v) is 7.01. The van der Waals surface area contributed by atoms with Crippen molar-refractivity contribution < 1.29 is 14.3 Å². The van der Waals surface area contributed by atoms with Crippen molar-refractivity contribution >= 4 is 34.2 Å². The maximum absolute atomic E-state index is 12.8. The first kappa shape index (κ1) is 20.4. The Labute approximate surface area is 181 Å². The van der Waals surface area contributed by atoms with Crippen molar-refractivity contribution in [1.82, 2.24) is 19.3 Å². The molecule has 2 aromatic carbocycles. The number of amides is 1. The quantitative estimate of drug-likeness (QED) is 0.496. The highest BCUT2D eigenvalue weighted by Gasteiger charge is 2.14. The van der Waals surface area contributed by atoms with E-state index in [0.717, 1.165) is 0 Å². The molecular formula is C21H18ClN5O4. The molecule has 0 aliphatic rings. The second kappa shape index (κ2) is 8.49. The molecular weight excluding hydrogens is 422 g/mol. The molecule has 2 heterocycles. The van der Waals surface area contributed by atoms with Gasteiger partial charge >= 0.3 is 0 Å². The fraction of sp³-hybridized carbons (Fsp3) is 0.143. The van der Waals surface area contributed by atoms with Crippen molar-refractivity contribution in [3.63, 3.8) is 0 Å². The Hall–Kier alpha value is -3.85. The molecule has 4 aromatic rings. The lowest BCUT2D eigenvalue weighted by Gasteiger charge is -2.11. The van der Waals surface area contributed by atoms with Crippen LogP contribution in [-0.2, 0) is 11.3 Å². The van der Waals surface area contributed by atoms with Gasteiger partial charge in [0.15, 0.2) is 17.1 Å². The van der Waals surface area contributed by atoms with E-state index in [1.807, 2.05) is 6.07 Å². The Morgan fingerprint density at radius 1 is 1.13 bits per heavy atom. The molecule has 31 heavy (non-hydrogen) atoms. The summed E-state index contributed by atoms with van der Waals surface area (Å²) >= 11 is 6.04. The molecule has 0 unspecified atom stereocenters. The largest absolute Gasteiger partial charge is 0.493 e. The van der Waals surface area contributed by atoms with E-state index in [1.165, 1.54) is 36.0 Å². The van der Waals surface area contributed by atoms with Crippen LogP contribution in [0, 0.1) is 0 Å². The van der Waals surface area contributed by atoms with Crippen LogP contribution in [0.2, 0.25) is 5.02 Å². The fourth-order valence-electron chi connectivity index (χ4n) is 3.13. The zero-order valence-electron chi connectivity index (χ0n) is 16.7. The summed E-state index contributed by atoms with van der Waals surface area (Å²) in [6, 6.07) is 12.0. The zero-order valence-corrected chi connectivity index (χ0v) is 17.5. The Morgan fingerprint density at radius 2 is 1.94 bits per heavy atom. The van der Waals surface area contributed by atoms with Gasteiger partial charge in [-0.05, 0) is 30.3 Å². The summed E-state index contributed by atoms with van der Waals surface area (Å²) < 4.78 is 13.2. The normalized spacial score (nSPS) is 10.8. The van der Waals surface area contributed by atoms with E-state index in [4.69, 9.17) is 21.1 Å². The number of benzene rings is 2. The van der Waals surface area contributed by atoms with Crippen LogP contribution in [0.3, 0.4) is 0 Å². The van der Waals surface area contributed by atoms with Crippen molar-refractivity contribution in [2.24, 2.45) is 0 Å². The summed E-state index contributed by atoms with van der Waals surface area (Å²) in [7, 11) is 3.04. The van der Waals surface area contributed by atoms with Crippen LogP contribution < -0.4 is 20.3 Å². The fourth-order valence-corrected chi connectivity index (χ4v) is 3.31. The van der Waals surface area contributed by atoms with Gasteiger partial charge in [-0.2, -0.15) is 5.10 Å². The molecule has 1 amide bonds. The highest BCUT2D eigenvalue weighted by Crippen LogP contribution is 2.29. The van der Waals surface area contributed by atoms with E-state index in [0.29, 0.717) is 38.9 Å². The number of nitrogens with zero attached hydrogens (tertiary/aromatic N) is 4. The molecule has 0 spiro atoms. The van der Waals surface area contributed by atoms with Gasteiger partial charge in [0.05, 0.1) is 26.1 Å². The third-order valence-corrected chi connectivity index (χ3v) is 4.82. The molecule has 0 saturated carbocycles. The number of methoxy groups -OCH3 is 2. The minimum Gasteiger partial charge on any atom is -0.493 e. The van der Waals surface area contributed by atoms with Gasteiger partial charge in [0.2, 0.25) is 5.91 Å². The molecule has 0 fully saturated rings. The zero-order chi connectivity index (χ0) is 22.0. The number of carbonyl (C=O) groups excluding carboxylic acids is 1. The molecule has 9 nitrogen and oxygen atoms in total. The van der Waals surface area contributed by atoms with Crippen LogP contribution >= 0.6 is 11.6 Å². The van der Waals surface area contributed by atoms with Crippen molar-refractivity contribution in [2.45, 2.75) is 6.54 Å². The predicted octanol–water partition coefficient (Wildman–Crippen LogP) is 2.89. The Kier molecular flexibility index (Phi) is 5.59. The molecule has 0 aliphatic heterocycles. The Morgan fingerprint density at radius 3 is 2.68 bits per heavy atom. The van der Waals surface area contributed by atoms with Crippen LogP contribution in [0.1, 0.15) is 0 Å². The summed E-state index contributed by atoms with van der Waals surface area (Å²) in [5.41, 5.74) is 1.20. The Bertz CT molecular complexity index is 1330. The molecule has 0 atom stereocenters. The van der Waals surface area contributed by atoms with E-state index in [1.54, 1.807) is 36.4 Å². The summed E-state index contributed by atoms with van der Waals surface area (Å²) in [6.45, 7) is -0.210. The second-order valence-electron chi connectivity index (χ2n) is 6.57. The lowest BCUT2D eigenvalue weighted by molar-refractivity contribution is -0.116. The third kappa shape index (κ3) is 4.08. The number of ether oxygens (including phenoxy) is 2. The van der Waals surface area contributed by atoms with Crippen LogP contribution in [0.25, 0.3) is 16.7 Å². The first-order valence-electron chi connectivity index (χ1n) is 9.21. The van der Waals surface area contributed by atoms with E-state index < -0.39 is 5.91 Å². The molecule has 4 rings (SSSR count). The first-order chi connectivity index (χ1) is 15.0. The molecule has 0 saturated heterocycles. The van der Waals surface area contributed by atoms with Gasteiger partial charge in [-0.3, -0.25) is 14.2 Å². The number of carbonyl (C=O) groups is 1. The maximum Gasteiger partial charge on any atom is 0.264 e. The van der Waals surface area contributed by atoms with Gasteiger partial charge in [0, 0.05) is 16.8 Å². The van der Waals surface area contributed by atoms with E-state index >= 15 is 0 Å². The molecule has 10 heteroatoms. The number of hydrogen-bond acceptors (Lipinski definition) is 6. The van der Waals surface area contributed by atoms with Crippen LogP contribution in [0.4, 0.5) is 5.69 Å². The summed E-state index contributed by atoms with van der Waals surface area (Å²) in [5.74, 6) is 0.634. The van der Waals surface area contributed by atoms with E-state index in [-0.39, 0.29) is 12.1 Å². The number of halogens is 1. The minimum atomic E-state index is -0.391. The van der Waals surface area contributed by atoms with Gasteiger partial charge < -0.3 is 14.8 Å². The lowest BCUT2D eigenvalue weighted by Crippen LogP contribution is -2.27. The highest BCUT2D eigenvalue weighted by molar-refractivity contribution is 6.30. The molecule has 158 valence electrons. The van der Waals surface area contributed by atoms with Crippen molar-refractivity contribution in [3.05, 3.63) is 70.4 Å². The topological polar surface area (TPSA) is 100 Å². The summed E-state index contributed by atoms with van der Waals surface area (Å²) in [4.78, 5) is 29.6. The standard InChI is InChI=1S/C21H18ClN5O4/c1-30-17-7-6-14(9-18(17)31-2)25-19(28)11-26-12-23-20-16(21(26)29)10-24-27(20)15-5-3-4-13(22)8-15/h3-10,12H,11H2,1-2H3,(H,25,28). The number of rotatable bonds is 6. The molecule has 0 aliphatic carbocycles. The molecule has 0 radical (unpaired) electrons. The highest BCUT2D eigenvalue weighted by atomic mass is 35.5.